The van der Waals surface area contributed by atoms with E-state index in [1.54, 1.807) is 4.90 Å². The van der Waals surface area contributed by atoms with Crippen LogP contribution in [0.5, 0.6) is 5.75 Å². The number of hydrogen-bond acceptors (Lipinski definition) is 5. The third kappa shape index (κ3) is 4.69. The van der Waals surface area contributed by atoms with Crippen molar-refractivity contribution < 1.29 is 14.1 Å². The molecule has 1 aromatic heterocycles. The van der Waals surface area contributed by atoms with E-state index in [1.807, 2.05) is 13.1 Å². The number of benzene rings is 2. The Bertz CT molecular complexity index is 1190. The summed E-state index contributed by atoms with van der Waals surface area (Å²) in [4.78, 5) is 16.9. The monoisotopic (exact) mass is 461 g/mol. The molecule has 34 heavy (non-hydrogen) atoms. The van der Waals surface area contributed by atoms with Crippen LogP contribution < -0.4 is 4.74 Å². The predicted molar refractivity (Wildman–Crippen MR) is 134 cm³/mol. The van der Waals surface area contributed by atoms with Gasteiger partial charge in [-0.1, -0.05) is 11.2 Å². The highest BCUT2D eigenvalue weighted by Crippen LogP contribution is 2.33. The molecular weight excluding hydrogens is 426 g/mol. The van der Waals surface area contributed by atoms with Gasteiger partial charge in [0.05, 0.1) is 12.3 Å². The highest BCUT2D eigenvalue weighted by atomic mass is 16.5. The molecule has 1 fully saturated rings. The number of hydrogen-bond donors (Lipinski definition) is 0. The number of rotatable bonds is 6. The molecule has 0 bridgehead atoms. The van der Waals surface area contributed by atoms with Gasteiger partial charge in [-0.25, -0.2) is 0 Å². The highest BCUT2D eigenvalue weighted by molar-refractivity contribution is 5.97. The van der Waals surface area contributed by atoms with Crippen LogP contribution in [-0.2, 0) is 6.42 Å². The molecule has 1 atom stereocenters. The van der Waals surface area contributed by atoms with Gasteiger partial charge in [-0.3, -0.25) is 4.79 Å². The molecule has 3 heterocycles. The van der Waals surface area contributed by atoms with Crippen molar-refractivity contribution >= 4 is 16.9 Å². The molecule has 1 saturated heterocycles. The van der Waals surface area contributed by atoms with Gasteiger partial charge < -0.3 is 19.1 Å². The van der Waals surface area contributed by atoms with Crippen LogP contribution >= 0.6 is 0 Å². The van der Waals surface area contributed by atoms with Crippen LogP contribution in [0.15, 0.2) is 34.9 Å². The normalized spacial score (nSPS) is 19.3. The van der Waals surface area contributed by atoms with Gasteiger partial charge in [-0.2, -0.15) is 0 Å². The van der Waals surface area contributed by atoms with E-state index >= 15 is 0 Å². The fourth-order valence-electron chi connectivity index (χ4n) is 5.47. The molecule has 0 aliphatic carbocycles. The first-order valence-electron chi connectivity index (χ1n) is 12.6. The summed E-state index contributed by atoms with van der Waals surface area (Å²) in [5, 5.41) is 5.61. The van der Waals surface area contributed by atoms with Gasteiger partial charge >= 0.3 is 0 Å². The largest absolute Gasteiger partial charge is 0.494 e. The van der Waals surface area contributed by atoms with Crippen molar-refractivity contribution in [2.45, 2.75) is 51.9 Å². The Hall–Kier alpha value is -2.86. The van der Waals surface area contributed by atoms with Crippen molar-refractivity contribution in [3.8, 4) is 5.75 Å². The second-order valence-electron chi connectivity index (χ2n) is 9.98. The van der Waals surface area contributed by atoms with E-state index in [2.05, 4.69) is 48.2 Å². The van der Waals surface area contributed by atoms with Crippen LogP contribution in [0.4, 0.5) is 0 Å². The standard InChI is InChI=1S/C28H35N3O3/c1-19-7-8-24-26(16-19)34-29-27(24)21-6-4-11-31(14-9-21)12-5-15-33-22-17-20(2)23-10-13-30(3)28(32)25(23)18-22/h7-8,16-18,21H,4-6,9-15H2,1-3H3. The summed E-state index contributed by atoms with van der Waals surface area (Å²) in [6.07, 6.45) is 5.32. The van der Waals surface area contributed by atoms with Crippen molar-refractivity contribution in [3.05, 3.63) is 58.3 Å². The molecule has 0 N–H and O–H groups in total. The molecular formula is C28H35N3O3. The Morgan fingerprint density at radius 2 is 2.00 bits per heavy atom. The van der Waals surface area contributed by atoms with Crippen molar-refractivity contribution in [2.75, 3.05) is 39.8 Å². The number of carbonyl (C=O) groups is 1. The number of likely N-dealkylation sites (N-methyl/N-ethyl adjacent to an activating group) is 1. The van der Waals surface area contributed by atoms with Crippen LogP contribution in [-0.4, -0.2) is 60.7 Å². The lowest BCUT2D eigenvalue weighted by Gasteiger charge is -2.26. The summed E-state index contributed by atoms with van der Waals surface area (Å²) in [6.45, 7) is 8.83. The molecule has 2 aromatic carbocycles. The van der Waals surface area contributed by atoms with Gasteiger partial charge in [0.25, 0.3) is 5.91 Å². The summed E-state index contributed by atoms with van der Waals surface area (Å²) in [7, 11) is 1.87. The minimum atomic E-state index is 0.101. The topological polar surface area (TPSA) is 58.8 Å². The average molecular weight is 462 g/mol. The van der Waals surface area contributed by atoms with Crippen molar-refractivity contribution in [2.24, 2.45) is 0 Å². The van der Waals surface area contributed by atoms with E-state index in [9.17, 15) is 4.79 Å². The minimum absolute atomic E-state index is 0.101. The molecule has 1 unspecified atom stereocenters. The lowest BCUT2D eigenvalue weighted by atomic mass is 9.94. The molecule has 0 radical (unpaired) electrons. The van der Waals surface area contributed by atoms with Crippen molar-refractivity contribution in [3.63, 3.8) is 0 Å². The Labute approximate surface area is 201 Å². The first kappa shape index (κ1) is 22.9. The van der Waals surface area contributed by atoms with E-state index in [4.69, 9.17) is 9.26 Å². The molecule has 6 heteroatoms. The van der Waals surface area contributed by atoms with E-state index in [-0.39, 0.29) is 5.91 Å². The van der Waals surface area contributed by atoms with Crippen LogP contribution in [0, 0.1) is 13.8 Å². The molecule has 6 nitrogen and oxygen atoms in total. The zero-order valence-corrected chi connectivity index (χ0v) is 20.6. The number of amides is 1. The van der Waals surface area contributed by atoms with Gasteiger partial charge in [-0.05, 0) is 100.0 Å². The third-order valence-electron chi connectivity index (χ3n) is 7.47. The van der Waals surface area contributed by atoms with Gasteiger partial charge in [0.15, 0.2) is 5.58 Å². The first-order valence-corrected chi connectivity index (χ1v) is 12.6. The smallest absolute Gasteiger partial charge is 0.254 e. The molecule has 3 aromatic rings. The SMILES string of the molecule is Cc1ccc2c(C3CCCN(CCCOc4cc(C)c5c(c4)C(=O)N(C)CC5)CC3)noc2c1. The molecule has 2 aliphatic rings. The van der Waals surface area contributed by atoms with E-state index in [0.29, 0.717) is 12.5 Å². The average Bonchev–Trinajstić information content (AvgIpc) is 3.09. The number of aromatic nitrogens is 1. The van der Waals surface area contributed by atoms with E-state index < -0.39 is 0 Å². The fraction of sp³-hybridized carbons (Fsp3) is 0.500. The summed E-state index contributed by atoms with van der Waals surface area (Å²) in [6, 6.07) is 10.4. The summed E-state index contributed by atoms with van der Waals surface area (Å²) in [5.74, 6) is 1.37. The predicted octanol–water partition coefficient (Wildman–Crippen LogP) is 5.11. The third-order valence-corrected chi connectivity index (χ3v) is 7.47. The Morgan fingerprint density at radius 1 is 1.12 bits per heavy atom. The Kier molecular flexibility index (Phi) is 6.59. The Morgan fingerprint density at radius 3 is 2.88 bits per heavy atom. The summed E-state index contributed by atoms with van der Waals surface area (Å²) >= 11 is 0. The maximum Gasteiger partial charge on any atom is 0.254 e. The maximum atomic E-state index is 12.5. The van der Waals surface area contributed by atoms with Crippen LogP contribution in [0.2, 0.25) is 0 Å². The van der Waals surface area contributed by atoms with Crippen molar-refractivity contribution in [1.29, 1.82) is 0 Å². The van der Waals surface area contributed by atoms with Crippen molar-refractivity contribution in [1.82, 2.24) is 15.0 Å². The Balaban J connectivity index is 1.13. The molecule has 0 saturated carbocycles. The number of likely N-dealkylation sites (tertiary alicyclic amines) is 1. The van der Waals surface area contributed by atoms with E-state index in [0.717, 1.165) is 80.0 Å². The lowest BCUT2D eigenvalue weighted by Crippen LogP contribution is -2.34. The summed E-state index contributed by atoms with van der Waals surface area (Å²) in [5.41, 5.74) is 6.36. The van der Waals surface area contributed by atoms with Gasteiger partial charge in [0, 0.05) is 37.0 Å². The van der Waals surface area contributed by atoms with E-state index in [1.165, 1.54) is 22.9 Å². The summed E-state index contributed by atoms with van der Waals surface area (Å²) < 4.78 is 11.7. The van der Waals surface area contributed by atoms with Gasteiger partial charge in [0.2, 0.25) is 0 Å². The lowest BCUT2D eigenvalue weighted by molar-refractivity contribution is 0.0780. The molecule has 0 spiro atoms. The second-order valence-corrected chi connectivity index (χ2v) is 9.98. The highest BCUT2D eigenvalue weighted by Gasteiger charge is 2.25. The van der Waals surface area contributed by atoms with Crippen LogP contribution in [0.1, 0.15) is 64.3 Å². The zero-order valence-electron chi connectivity index (χ0n) is 20.6. The number of carbonyl (C=O) groups excluding carboxylic acids is 1. The second kappa shape index (κ2) is 9.79. The van der Waals surface area contributed by atoms with Crippen LogP contribution in [0.25, 0.3) is 11.0 Å². The van der Waals surface area contributed by atoms with Gasteiger partial charge in [0.1, 0.15) is 5.75 Å². The molecule has 1 amide bonds. The first-order chi connectivity index (χ1) is 16.5. The van der Waals surface area contributed by atoms with Crippen LogP contribution in [0.3, 0.4) is 0 Å². The number of nitrogens with zero attached hydrogens (tertiary/aromatic N) is 3. The molecule has 5 rings (SSSR count). The van der Waals surface area contributed by atoms with Gasteiger partial charge in [-0.15, -0.1) is 0 Å². The molecule has 2 aliphatic heterocycles. The minimum Gasteiger partial charge on any atom is -0.494 e. The number of fused-ring (bicyclic) bond motifs is 2. The quantitative estimate of drug-likeness (QED) is 0.478. The number of ether oxygens (including phenoxy) is 1. The zero-order chi connectivity index (χ0) is 23.7. The fourth-order valence-corrected chi connectivity index (χ4v) is 5.47. The maximum absolute atomic E-state index is 12.5. The molecule has 180 valence electrons. The number of aryl methyl sites for hydroxylation is 2.